The van der Waals surface area contributed by atoms with Crippen LogP contribution in [-0.4, -0.2) is 41.0 Å². The summed E-state index contributed by atoms with van der Waals surface area (Å²) in [7, 11) is 0. The lowest BCUT2D eigenvalue weighted by molar-refractivity contribution is 0.174. The lowest BCUT2D eigenvalue weighted by Crippen LogP contribution is -2.41. The van der Waals surface area contributed by atoms with E-state index in [0.29, 0.717) is 23.7 Å². The van der Waals surface area contributed by atoms with Gasteiger partial charge < -0.3 is 19.7 Å². The van der Waals surface area contributed by atoms with E-state index in [9.17, 15) is 4.79 Å². The van der Waals surface area contributed by atoms with E-state index in [1.165, 1.54) is 0 Å². The summed E-state index contributed by atoms with van der Waals surface area (Å²) in [6.07, 6.45) is 2.01. The number of hydrogen-bond acceptors (Lipinski definition) is 6. The standard InChI is InChI=1S/C16H18N4O3S/c1-10-18-19-15(24-10)11-3-2-6-20(8-11)16(21)17-12-4-5-13-14(7-12)23-9-22-13/h4-5,7,11H,2-3,6,8-9H2,1H3,(H,17,21). The van der Waals surface area contributed by atoms with Crippen LogP contribution in [0.2, 0.25) is 0 Å². The Morgan fingerprint density at radius 2 is 2.21 bits per heavy atom. The molecule has 2 aliphatic heterocycles. The van der Waals surface area contributed by atoms with Gasteiger partial charge in [-0.05, 0) is 31.9 Å². The van der Waals surface area contributed by atoms with E-state index >= 15 is 0 Å². The van der Waals surface area contributed by atoms with Crippen LogP contribution in [0, 0.1) is 6.92 Å². The van der Waals surface area contributed by atoms with E-state index in [-0.39, 0.29) is 18.7 Å². The molecule has 0 radical (unpaired) electrons. The molecule has 2 aliphatic rings. The zero-order chi connectivity index (χ0) is 16.5. The number of urea groups is 1. The Hall–Kier alpha value is -2.35. The number of piperidine rings is 1. The third-order valence-corrected chi connectivity index (χ3v) is 5.22. The van der Waals surface area contributed by atoms with Gasteiger partial charge in [0.05, 0.1) is 0 Å². The first-order chi connectivity index (χ1) is 11.7. The molecule has 0 spiro atoms. The Morgan fingerprint density at radius 3 is 3.04 bits per heavy atom. The lowest BCUT2D eigenvalue weighted by atomic mass is 9.99. The molecule has 0 bridgehead atoms. The number of carbonyl (C=O) groups is 1. The average molecular weight is 346 g/mol. The van der Waals surface area contributed by atoms with Crippen LogP contribution in [0.3, 0.4) is 0 Å². The highest BCUT2D eigenvalue weighted by Gasteiger charge is 2.27. The van der Waals surface area contributed by atoms with Gasteiger partial charge in [0.15, 0.2) is 11.5 Å². The van der Waals surface area contributed by atoms with Crippen molar-refractivity contribution in [3.8, 4) is 11.5 Å². The van der Waals surface area contributed by atoms with Crippen LogP contribution in [0.5, 0.6) is 11.5 Å². The maximum atomic E-state index is 12.6. The second-order valence-electron chi connectivity index (χ2n) is 5.94. The molecule has 126 valence electrons. The number of aromatic nitrogens is 2. The summed E-state index contributed by atoms with van der Waals surface area (Å²) in [5.74, 6) is 1.64. The van der Waals surface area contributed by atoms with Crippen molar-refractivity contribution >= 4 is 23.1 Å². The highest BCUT2D eigenvalue weighted by Crippen LogP contribution is 2.34. The second-order valence-corrected chi connectivity index (χ2v) is 7.16. The first kappa shape index (κ1) is 15.2. The molecule has 7 nitrogen and oxygen atoms in total. The quantitative estimate of drug-likeness (QED) is 0.904. The number of fused-ring (bicyclic) bond motifs is 1. The van der Waals surface area contributed by atoms with Crippen LogP contribution in [0.4, 0.5) is 10.5 Å². The lowest BCUT2D eigenvalue weighted by Gasteiger charge is -2.31. The fourth-order valence-electron chi connectivity index (χ4n) is 3.02. The number of nitrogens with zero attached hydrogens (tertiary/aromatic N) is 3. The summed E-state index contributed by atoms with van der Waals surface area (Å²) in [5.41, 5.74) is 0.707. The first-order valence-corrected chi connectivity index (χ1v) is 8.76. The van der Waals surface area contributed by atoms with Gasteiger partial charge in [0.1, 0.15) is 10.0 Å². The SMILES string of the molecule is Cc1nnc(C2CCCN(C(=O)Nc3ccc4c(c3)OCO4)C2)s1. The largest absolute Gasteiger partial charge is 0.454 e. The summed E-state index contributed by atoms with van der Waals surface area (Å²) in [6, 6.07) is 5.32. The fraction of sp³-hybridized carbons (Fsp3) is 0.438. The Bertz CT molecular complexity index is 764. The van der Waals surface area contributed by atoms with E-state index in [4.69, 9.17) is 9.47 Å². The predicted molar refractivity (Wildman–Crippen MR) is 89.8 cm³/mol. The van der Waals surface area contributed by atoms with Crippen molar-refractivity contribution in [2.24, 2.45) is 0 Å². The highest BCUT2D eigenvalue weighted by atomic mass is 32.1. The zero-order valence-corrected chi connectivity index (χ0v) is 14.1. The monoisotopic (exact) mass is 346 g/mol. The molecule has 3 heterocycles. The molecule has 8 heteroatoms. The molecule has 1 atom stereocenters. The number of anilines is 1. The second kappa shape index (κ2) is 6.27. The molecule has 1 aromatic carbocycles. The van der Waals surface area contributed by atoms with Crippen molar-refractivity contribution in [3.63, 3.8) is 0 Å². The van der Waals surface area contributed by atoms with Crippen molar-refractivity contribution in [1.29, 1.82) is 0 Å². The van der Waals surface area contributed by atoms with Crippen molar-refractivity contribution in [2.75, 3.05) is 25.2 Å². The molecule has 1 fully saturated rings. The van der Waals surface area contributed by atoms with E-state index in [0.717, 1.165) is 29.4 Å². The number of aryl methyl sites for hydroxylation is 1. The number of ether oxygens (including phenoxy) is 2. The molecule has 2 amide bonds. The van der Waals surface area contributed by atoms with Crippen molar-refractivity contribution in [3.05, 3.63) is 28.2 Å². The summed E-state index contributed by atoms with van der Waals surface area (Å²) in [6.45, 7) is 3.60. The maximum Gasteiger partial charge on any atom is 0.321 e. The molecular formula is C16H18N4O3S. The third-order valence-electron chi connectivity index (χ3n) is 4.22. The number of amides is 2. The Kier molecular flexibility index (Phi) is 3.97. The van der Waals surface area contributed by atoms with Gasteiger partial charge in [0, 0.05) is 30.8 Å². The molecule has 1 saturated heterocycles. The zero-order valence-electron chi connectivity index (χ0n) is 13.3. The summed E-state index contributed by atoms with van der Waals surface area (Å²) in [5, 5.41) is 13.2. The van der Waals surface area contributed by atoms with Gasteiger partial charge >= 0.3 is 6.03 Å². The van der Waals surface area contributed by atoms with Gasteiger partial charge in [-0.2, -0.15) is 0 Å². The van der Waals surface area contributed by atoms with Gasteiger partial charge in [-0.25, -0.2) is 4.79 Å². The van der Waals surface area contributed by atoms with Gasteiger partial charge in [0.2, 0.25) is 6.79 Å². The van der Waals surface area contributed by atoms with Crippen molar-refractivity contribution in [1.82, 2.24) is 15.1 Å². The van der Waals surface area contributed by atoms with Gasteiger partial charge in [-0.15, -0.1) is 21.5 Å². The van der Waals surface area contributed by atoms with Gasteiger partial charge in [-0.3, -0.25) is 0 Å². The Labute approximate surface area is 143 Å². The maximum absolute atomic E-state index is 12.6. The van der Waals surface area contributed by atoms with Gasteiger partial charge in [-0.1, -0.05) is 0 Å². The van der Waals surface area contributed by atoms with E-state index < -0.39 is 0 Å². The average Bonchev–Trinajstić information content (AvgIpc) is 3.23. The molecule has 0 saturated carbocycles. The number of carbonyl (C=O) groups excluding carboxylic acids is 1. The van der Waals surface area contributed by atoms with Crippen LogP contribution >= 0.6 is 11.3 Å². The van der Waals surface area contributed by atoms with E-state index in [1.807, 2.05) is 17.9 Å². The van der Waals surface area contributed by atoms with E-state index in [2.05, 4.69) is 15.5 Å². The number of hydrogen-bond donors (Lipinski definition) is 1. The normalized spacial score (nSPS) is 19.4. The molecule has 24 heavy (non-hydrogen) atoms. The molecule has 4 rings (SSSR count). The smallest absolute Gasteiger partial charge is 0.321 e. The first-order valence-electron chi connectivity index (χ1n) is 7.94. The Morgan fingerprint density at radius 1 is 1.33 bits per heavy atom. The van der Waals surface area contributed by atoms with Crippen molar-refractivity contribution in [2.45, 2.75) is 25.7 Å². The summed E-state index contributed by atoms with van der Waals surface area (Å²) < 4.78 is 10.6. The molecule has 1 N–H and O–H groups in total. The van der Waals surface area contributed by atoms with E-state index in [1.54, 1.807) is 23.5 Å². The van der Waals surface area contributed by atoms with Crippen molar-refractivity contribution < 1.29 is 14.3 Å². The molecule has 1 unspecified atom stereocenters. The van der Waals surface area contributed by atoms with Crippen LogP contribution in [0.25, 0.3) is 0 Å². The van der Waals surface area contributed by atoms with Crippen LogP contribution in [-0.2, 0) is 0 Å². The fourth-order valence-corrected chi connectivity index (χ4v) is 3.84. The molecule has 1 aromatic heterocycles. The Balaban J connectivity index is 1.42. The number of nitrogens with one attached hydrogen (secondary N) is 1. The molecular weight excluding hydrogens is 328 g/mol. The predicted octanol–water partition coefficient (Wildman–Crippen LogP) is 2.99. The third kappa shape index (κ3) is 3.01. The molecule has 0 aliphatic carbocycles. The topological polar surface area (TPSA) is 76.6 Å². The minimum atomic E-state index is -0.0974. The number of rotatable bonds is 2. The van der Waals surface area contributed by atoms with Crippen LogP contribution in [0.15, 0.2) is 18.2 Å². The summed E-state index contributed by atoms with van der Waals surface area (Å²) >= 11 is 1.61. The number of benzene rings is 1. The molecule has 2 aromatic rings. The van der Waals surface area contributed by atoms with Crippen LogP contribution < -0.4 is 14.8 Å². The van der Waals surface area contributed by atoms with Gasteiger partial charge in [0.25, 0.3) is 0 Å². The summed E-state index contributed by atoms with van der Waals surface area (Å²) in [4.78, 5) is 14.4. The highest BCUT2D eigenvalue weighted by molar-refractivity contribution is 7.11. The minimum absolute atomic E-state index is 0.0974. The van der Waals surface area contributed by atoms with Crippen LogP contribution in [0.1, 0.15) is 28.8 Å². The minimum Gasteiger partial charge on any atom is -0.454 e. The number of likely N-dealkylation sites (tertiary alicyclic amines) is 1.